The molecule has 0 amide bonds. The number of hydrogen-bond donors (Lipinski definition) is 2. The van der Waals surface area contributed by atoms with Crippen molar-refractivity contribution in [1.82, 2.24) is 9.80 Å². The number of nitrogens with zero attached hydrogens (tertiary/aromatic N) is 2. The van der Waals surface area contributed by atoms with Gasteiger partial charge in [0.2, 0.25) is 0 Å². The molecule has 8 heteroatoms. The highest BCUT2D eigenvalue weighted by atomic mass is 16.5. The van der Waals surface area contributed by atoms with Crippen LogP contribution in [0.1, 0.15) is 0 Å². The average Bonchev–Trinajstić information content (AvgIpc) is 2.83. The number of hydrogen-bond acceptors (Lipinski definition) is 8. The van der Waals surface area contributed by atoms with Gasteiger partial charge < -0.3 is 29.2 Å². The number of rotatable bonds is 12. The van der Waals surface area contributed by atoms with Gasteiger partial charge >= 0.3 is 0 Å². The lowest BCUT2D eigenvalue weighted by molar-refractivity contribution is 0.0240. The standard InChI is InChI=1S/C24H34N2O6/c1-29-21-5-3-7-23(13-21)31-17-19(27)15-25-9-11-26(12-10-25)16-20(28)18-32-24-8-4-6-22(14-24)30-2/h3-8,13-14,19-20,27-28H,9-12,15-18H2,1-2H3. The molecule has 1 heterocycles. The highest BCUT2D eigenvalue weighted by Gasteiger charge is 2.21. The van der Waals surface area contributed by atoms with Crippen molar-refractivity contribution in [3.63, 3.8) is 0 Å². The van der Waals surface area contributed by atoms with Crippen LogP contribution in [0.25, 0.3) is 0 Å². The van der Waals surface area contributed by atoms with E-state index in [-0.39, 0.29) is 13.2 Å². The van der Waals surface area contributed by atoms with Crippen LogP contribution in [-0.4, -0.2) is 98.9 Å². The number of piperazine rings is 1. The van der Waals surface area contributed by atoms with E-state index in [4.69, 9.17) is 18.9 Å². The van der Waals surface area contributed by atoms with Crippen LogP contribution in [0.2, 0.25) is 0 Å². The Labute approximate surface area is 189 Å². The Morgan fingerprint density at radius 1 is 0.688 bits per heavy atom. The van der Waals surface area contributed by atoms with Crippen LogP contribution in [0.5, 0.6) is 23.0 Å². The minimum absolute atomic E-state index is 0.230. The third-order valence-corrected chi connectivity index (χ3v) is 5.37. The highest BCUT2D eigenvalue weighted by Crippen LogP contribution is 2.20. The van der Waals surface area contributed by atoms with Crippen molar-refractivity contribution in [2.75, 3.05) is 66.7 Å². The first-order valence-corrected chi connectivity index (χ1v) is 10.9. The summed E-state index contributed by atoms with van der Waals surface area (Å²) in [5.41, 5.74) is 0. The fourth-order valence-corrected chi connectivity index (χ4v) is 3.62. The molecule has 32 heavy (non-hydrogen) atoms. The summed E-state index contributed by atoms with van der Waals surface area (Å²) in [4.78, 5) is 4.43. The van der Waals surface area contributed by atoms with Gasteiger partial charge in [-0.05, 0) is 24.3 Å². The summed E-state index contributed by atoms with van der Waals surface area (Å²) < 4.78 is 21.7. The first kappa shape index (κ1) is 24.1. The van der Waals surface area contributed by atoms with Gasteiger partial charge in [0.25, 0.3) is 0 Å². The molecule has 0 radical (unpaired) electrons. The van der Waals surface area contributed by atoms with Crippen molar-refractivity contribution in [3.05, 3.63) is 48.5 Å². The second kappa shape index (κ2) is 12.5. The molecule has 2 aromatic rings. The minimum atomic E-state index is -0.574. The second-order valence-corrected chi connectivity index (χ2v) is 7.89. The molecule has 0 bridgehead atoms. The van der Waals surface area contributed by atoms with Crippen LogP contribution >= 0.6 is 0 Å². The minimum Gasteiger partial charge on any atom is -0.497 e. The summed E-state index contributed by atoms with van der Waals surface area (Å²) in [5, 5.41) is 20.7. The van der Waals surface area contributed by atoms with E-state index in [1.807, 2.05) is 36.4 Å². The molecule has 0 saturated carbocycles. The van der Waals surface area contributed by atoms with Crippen molar-refractivity contribution in [1.29, 1.82) is 0 Å². The van der Waals surface area contributed by atoms with Gasteiger partial charge in [-0.2, -0.15) is 0 Å². The zero-order valence-corrected chi connectivity index (χ0v) is 18.9. The molecule has 0 aromatic heterocycles. The van der Waals surface area contributed by atoms with E-state index in [0.717, 1.165) is 37.7 Å². The van der Waals surface area contributed by atoms with Gasteiger partial charge in [-0.3, -0.25) is 9.80 Å². The lowest BCUT2D eigenvalue weighted by Gasteiger charge is -2.36. The first-order valence-electron chi connectivity index (χ1n) is 10.9. The maximum Gasteiger partial charge on any atom is 0.123 e. The monoisotopic (exact) mass is 446 g/mol. The Morgan fingerprint density at radius 2 is 1.06 bits per heavy atom. The molecular weight excluding hydrogens is 412 g/mol. The van der Waals surface area contributed by atoms with E-state index in [1.165, 1.54) is 0 Å². The van der Waals surface area contributed by atoms with Gasteiger partial charge in [-0.1, -0.05) is 12.1 Å². The van der Waals surface area contributed by atoms with Crippen molar-refractivity contribution < 1.29 is 29.2 Å². The normalized spacial score (nSPS) is 16.9. The Balaban J connectivity index is 1.31. The van der Waals surface area contributed by atoms with Gasteiger partial charge in [-0.25, -0.2) is 0 Å². The number of methoxy groups -OCH3 is 2. The number of β-amino-alcohol motifs (C(OH)–C–C–N with tert-alkyl or cyclic N) is 2. The highest BCUT2D eigenvalue weighted by molar-refractivity contribution is 5.33. The zero-order chi connectivity index (χ0) is 22.8. The van der Waals surface area contributed by atoms with Gasteiger partial charge in [-0.15, -0.1) is 0 Å². The molecule has 1 aliphatic rings. The van der Waals surface area contributed by atoms with Crippen LogP contribution in [0.3, 0.4) is 0 Å². The van der Waals surface area contributed by atoms with Crippen molar-refractivity contribution in [2.45, 2.75) is 12.2 Å². The Hall–Kier alpha value is -2.52. The molecule has 1 fully saturated rings. The quantitative estimate of drug-likeness (QED) is 0.508. The first-order chi connectivity index (χ1) is 15.6. The van der Waals surface area contributed by atoms with Crippen LogP contribution in [0.4, 0.5) is 0 Å². The molecule has 176 valence electrons. The average molecular weight is 447 g/mol. The lowest BCUT2D eigenvalue weighted by Crippen LogP contribution is -2.51. The van der Waals surface area contributed by atoms with Gasteiger partial charge in [0.1, 0.15) is 48.4 Å². The van der Waals surface area contributed by atoms with E-state index in [1.54, 1.807) is 26.4 Å². The maximum atomic E-state index is 10.3. The Bertz CT molecular complexity index is 745. The van der Waals surface area contributed by atoms with E-state index in [9.17, 15) is 10.2 Å². The molecule has 2 aromatic carbocycles. The van der Waals surface area contributed by atoms with E-state index >= 15 is 0 Å². The molecule has 3 rings (SSSR count). The molecule has 2 atom stereocenters. The summed E-state index contributed by atoms with van der Waals surface area (Å²) in [5.74, 6) is 2.81. The summed E-state index contributed by atoms with van der Waals surface area (Å²) in [6.07, 6.45) is -1.15. The second-order valence-electron chi connectivity index (χ2n) is 7.89. The van der Waals surface area contributed by atoms with Crippen molar-refractivity contribution >= 4 is 0 Å². The third kappa shape index (κ3) is 7.87. The van der Waals surface area contributed by atoms with Crippen LogP contribution in [-0.2, 0) is 0 Å². The summed E-state index contributed by atoms with van der Waals surface area (Å²) >= 11 is 0. The fourth-order valence-electron chi connectivity index (χ4n) is 3.62. The van der Waals surface area contributed by atoms with Crippen LogP contribution in [0.15, 0.2) is 48.5 Å². The van der Waals surface area contributed by atoms with Crippen molar-refractivity contribution in [3.8, 4) is 23.0 Å². The number of aliphatic hydroxyl groups excluding tert-OH is 2. The molecule has 2 unspecified atom stereocenters. The molecule has 8 nitrogen and oxygen atoms in total. The van der Waals surface area contributed by atoms with Crippen molar-refractivity contribution in [2.24, 2.45) is 0 Å². The predicted octanol–water partition coefficient (Wildman–Crippen LogP) is 1.50. The Morgan fingerprint density at radius 3 is 1.44 bits per heavy atom. The Kier molecular flexibility index (Phi) is 9.43. The largest absolute Gasteiger partial charge is 0.497 e. The fraction of sp³-hybridized carbons (Fsp3) is 0.500. The van der Waals surface area contributed by atoms with Gasteiger partial charge in [0.15, 0.2) is 0 Å². The smallest absolute Gasteiger partial charge is 0.123 e. The topological polar surface area (TPSA) is 83.9 Å². The number of aliphatic hydroxyl groups is 2. The zero-order valence-electron chi connectivity index (χ0n) is 18.9. The van der Waals surface area contributed by atoms with Gasteiger partial charge in [0, 0.05) is 51.4 Å². The summed E-state index contributed by atoms with van der Waals surface area (Å²) in [7, 11) is 3.22. The lowest BCUT2D eigenvalue weighted by atomic mass is 10.2. The number of benzene rings is 2. The summed E-state index contributed by atoms with van der Waals surface area (Å²) in [6, 6.07) is 14.7. The van der Waals surface area contributed by atoms with Crippen LogP contribution < -0.4 is 18.9 Å². The molecule has 0 spiro atoms. The molecule has 1 saturated heterocycles. The van der Waals surface area contributed by atoms with Gasteiger partial charge in [0.05, 0.1) is 14.2 Å². The predicted molar refractivity (Wildman–Crippen MR) is 122 cm³/mol. The van der Waals surface area contributed by atoms with E-state index in [0.29, 0.717) is 24.6 Å². The molecule has 1 aliphatic heterocycles. The molecule has 0 aliphatic carbocycles. The molecule has 2 N–H and O–H groups in total. The number of ether oxygens (including phenoxy) is 4. The maximum absolute atomic E-state index is 10.3. The SMILES string of the molecule is COc1cccc(OCC(O)CN2CCN(CC(O)COc3cccc(OC)c3)CC2)c1. The molecular formula is C24H34N2O6. The van der Waals surface area contributed by atoms with E-state index in [2.05, 4.69) is 9.80 Å². The third-order valence-electron chi connectivity index (χ3n) is 5.37. The van der Waals surface area contributed by atoms with Crippen LogP contribution in [0, 0.1) is 0 Å². The van der Waals surface area contributed by atoms with E-state index < -0.39 is 12.2 Å². The summed E-state index contributed by atoms with van der Waals surface area (Å²) in [6.45, 7) is 4.90.